The van der Waals surface area contributed by atoms with Crippen molar-refractivity contribution in [2.75, 3.05) is 19.6 Å². The van der Waals surface area contributed by atoms with Crippen molar-refractivity contribution in [2.45, 2.75) is 46.1 Å². The van der Waals surface area contributed by atoms with Crippen molar-refractivity contribution in [3.63, 3.8) is 0 Å². The van der Waals surface area contributed by atoms with Crippen LogP contribution in [0, 0.1) is 5.41 Å². The van der Waals surface area contributed by atoms with Crippen molar-refractivity contribution >= 4 is 17.9 Å². The molecule has 0 aromatic carbocycles. The second kappa shape index (κ2) is 7.28. The van der Waals surface area contributed by atoms with E-state index < -0.39 is 23.5 Å². The number of nitrogens with one attached hydrogen (secondary N) is 2. The summed E-state index contributed by atoms with van der Waals surface area (Å²) in [6.45, 7) is 6.46. The first-order valence-corrected chi connectivity index (χ1v) is 7.36. The van der Waals surface area contributed by atoms with Crippen LogP contribution in [0.15, 0.2) is 0 Å². The Balaban J connectivity index is 2.42. The van der Waals surface area contributed by atoms with Gasteiger partial charge in [-0.15, -0.1) is 0 Å². The Morgan fingerprint density at radius 1 is 1.29 bits per heavy atom. The predicted molar refractivity (Wildman–Crippen MR) is 77.8 cm³/mol. The van der Waals surface area contributed by atoms with Gasteiger partial charge in [-0.25, -0.2) is 4.79 Å². The number of rotatable bonds is 6. The first kappa shape index (κ1) is 17.3. The summed E-state index contributed by atoms with van der Waals surface area (Å²) in [7, 11) is 0. The van der Waals surface area contributed by atoms with Crippen molar-refractivity contribution in [1.29, 1.82) is 0 Å². The van der Waals surface area contributed by atoms with Crippen LogP contribution in [0.5, 0.6) is 0 Å². The highest BCUT2D eigenvalue weighted by Crippen LogP contribution is 2.19. The lowest BCUT2D eigenvalue weighted by atomic mass is 9.88. The summed E-state index contributed by atoms with van der Waals surface area (Å²) in [4.78, 5) is 36.7. The van der Waals surface area contributed by atoms with E-state index in [-0.39, 0.29) is 12.5 Å². The molecule has 1 aliphatic heterocycles. The molecule has 7 nitrogen and oxygen atoms in total. The van der Waals surface area contributed by atoms with E-state index in [1.807, 2.05) is 0 Å². The fourth-order valence-electron chi connectivity index (χ4n) is 2.15. The zero-order valence-corrected chi connectivity index (χ0v) is 12.9. The lowest BCUT2D eigenvalue weighted by molar-refractivity contribution is -0.147. The van der Waals surface area contributed by atoms with Crippen LogP contribution in [0.25, 0.3) is 0 Å². The molecule has 1 aliphatic rings. The standard InChI is InChI=1S/C14H25N3O4/c1-4-14(3,12(19)20)9-15-13(21)16-10(2)11(18)17-7-5-6-8-17/h10H,4-9H2,1-3H3,(H,19,20)(H2,15,16,21). The largest absolute Gasteiger partial charge is 0.481 e. The van der Waals surface area contributed by atoms with Crippen LogP contribution in [0.1, 0.15) is 40.0 Å². The molecule has 1 fully saturated rings. The van der Waals surface area contributed by atoms with E-state index in [0.717, 1.165) is 25.9 Å². The van der Waals surface area contributed by atoms with Crippen LogP contribution in [0.2, 0.25) is 0 Å². The van der Waals surface area contributed by atoms with E-state index in [1.54, 1.807) is 25.7 Å². The summed E-state index contributed by atoms with van der Waals surface area (Å²) >= 11 is 0. The molecule has 1 heterocycles. The Hall–Kier alpha value is -1.79. The summed E-state index contributed by atoms with van der Waals surface area (Å²) < 4.78 is 0. The Labute approximate surface area is 125 Å². The summed E-state index contributed by atoms with van der Waals surface area (Å²) in [5, 5.41) is 14.2. The summed E-state index contributed by atoms with van der Waals surface area (Å²) in [5.74, 6) is -1.05. The number of hydrogen-bond donors (Lipinski definition) is 3. The van der Waals surface area contributed by atoms with Gasteiger partial charge in [0.1, 0.15) is 6.04 Å². The Morgan fingerprint density at radius 2 is 1.86 bits per heavy atom. The Morgan fingerprint density at radius 3 is 2.33 bits per heavy atom. The van der Waals surface area contributed by atoms with Gasteiger partial charge in [0.2, 0.25) is 5.91 Å². The second-order valence-electron chi connectivity index (χ2n) is 5.80. The molecule has 0 spiro atoms. The molecule has 7 heteroatoms. The maximum atomic E-state index is 12.0. The normalized spacial score (nSPS) is 18.7. The van der Waals surface area contributed by atoms with Gasteiger partial charge in [0.25, 0.3) is 0 Å². The van der Waals surface area contributed by atoms with Crippen LogP contribution in [0.4, 0.5) is 4.79 Å². The molecule has 0 radical (unpaired) electrons. The van der Waals surface area contributed by atoms with Crippen LogP contribution in [0.3, 0.4) is 0 Å². The van der Waals surface area contributed by atoms with Crippen LogP contribution in [-0.2, 0) is 9.59 Å². The summed E-state index contributed by atoms with van der Waals surface area (Å²) in [6.07, 6.45) is 2.40. The molecule has 120 valence electrons. The second-order valence-corrected chi connectivity index (χ2v) is 5.80. The van der Waals surface area contributed by atoms with Gasteiger partial charge < -0.3 is 20.6 Å². The quantitative estimate of drug-likeness (QED) is 0.675. The first-order valence-electron chi connectivity index (χ1n) is 7.36. The van der Waals surface area contributed by atoms with Crippen molar-refractivity contribution in [2.24, 2.45) is 5.41 Å². The van der Waals surface area contributed by atoms with Gasteiger partial charge in [-0.2, -0.15) is 0 Å². The minimum atomic E-state index is -1.00. The lowest BCUT2D eigenvalue weighted by Crippen LogP contribution is -2.51. The van der Waals surface area contributed by atoms with Gasteiger partial charge in [0, 0.05) is 19.6 Å². The average molecular weight is 299 g/mol. The number of likely N-dealkylation sites (tertiary alicyclic amines) is 1. The number of urea groups is 1. The molecule has 1 saturated heterocycles. The van der Waals surface area contributed by atoms with Crippen LogP contribution < -0.4 is 10.6 Å². The molecular weight excluding hydrogens is 274 g/mol. The molecule has 1 rings (SSSR count). The molecule has 0 aliphatic carbocycles. The zero-order chi connectivity index (χ0) is 16.0. The van der Waals surface area contributed by atoms with Crippen LogP contribution in [-0.4, -0.2) is 53.6 Å². The number of amides is 3. The van der Waals surface area contributed by atoms with Crippen molar-refractivity contribution in [3.05, 3.63) is 0 Å². The fourth-order valence-corrected chi connectivity index (χ4v) is 2.15. The molecule has 0 saturated carbocycles. The number of hydrogen-bond acceptors (Lipinski definition) is 3. The molecular formula is C14H25N3O4. The first-order chi connectivity index (χ1) is 9.80. The molecule has 0 aromatic rings. The van der Waals surface area contributed by atoms with Gasteiger partial charge in [-0.05, 0) is 33.1 Å². The smallest absolute Gasteiger partial charge is 0.315 e. The average Bonchev–Trinajstić information content (AvgIpc) is 2.97. The topological polar surface area (TPSA) is 98.7 Å². The number of carboxylic acids is 1. The highest BCUT2D eigenvalue weighted by atomic mass is 16.4. The Bertz CT molecular complexity index is 407. The molecule has 0 bridgehead atoms. The number of carboxylic acid groups (broad SMARTS) is 1. The minimum absolute atomic E-state index is 0.0231. The van der Waals surface area contributed by atoms with E-state index in [0.29, 0.717) is 6.42 Å². The molecule has 2 unspecified atom stereocenters. The number of aliphatic carboxylic acids is 1. The molecule has 3 N–H and O–H groups in total. The highest BCUT2D eigenvalue weighted by Gasteiger charge is 2.32. The van der Waals surface area contributed by atoms with Crippen LogP contribution >= 0.6 is 0 Å². The summed E-state index contributed by atoms with van der Waals surface area (Å²) in [5.41, 5.74) is -1.00. The van der Waals surface area contributed by atoms with E-state index >= 15 is 0 Å². The molecule has 3 amide bonds. The fraction of sp³-hybridized carbons (Fsp3) is 0.786. The number of nitrogens with zero attached hydrogens (tertiary/aromatic N) is 1. The third-order valence-corrected chi connectivity index (χ3v) is 4.07. The van der Waals surface area contributed by atoms with Crippen molar-refractivity contribution in [1.82, 2.24) is 15.5 Å². The molecule has 0 aromatic heterocycles. The van der Waals surface area contributed by atoms with Gasteiger partial charge >= 0.3 is 12.0 Å². The predicted octanol–water partition coefficient (Wildman–Crippen LogP) is 0.797. The van der Waals surface area contributed by atoms with Gasteiger partial charge in [-0.3, -0.25) is 9.59 Å². The Kier molecular flexibility index (Phi) is 5.99. The number of carbonyl (C=O) groups is 3. The number of carbonyl (C=O) groups excluding carboxylic acids is 2. The van der Waals surface area contributed by atoms with E-state index in [1.165, 1.54) is 0 Å². The van der Waals surface area contributed by atoms with E-state index in [9.17, 15) is 14.4 Å². The monoisotopic (exact) mass is 299 g/mol. The molecule has 21 heavy (non-hydrogen) atoms. The van der Waals surface area contributed by atoms with E-state index in [2.05, 4.69) is 10.6 Å². The lowest BCUT2D eigenvalue weighted by Gasteiger charge is -2.25. The summed E-state index contributed by atoms with van der Waals surface area (Å²) in [6, 6.07) is -1.13. The van der Waals surface area contributed by atoms with E-state index in [4.69, 9.17) is 5.11 Å². The van der Waals surface area contributed by atoms with Crippen molar-refractivity contribution < 1.29 is 19.5 Å². The van der Waals surface area contributed by atoms with Gasteiger partial charge in [0.15, 0.2) is 0 Å². The maximum absolute atomic E-state index is 12.0. The molecule has 2 atom stereocenters. The van der Waals surface area contributed by atoms with Crippen molar-refractivity contribution in [3.8, 4) is 0 Å². The third kappa shape index (κ3) is 4.61. The maximum Gasteiger partial charge on any atom is 0.315 e. The highest BCUT2D eigenvalue weighted by molar-refractivity contribution is 5.87. The minimum Gasteiger partial charge on any atom is -0.481 e. The van der Waals surface area contributed by atoms with Gasteiger partial charge in [0.05, 0.1) is 5.41 Å². The van der Waals surface area contributed by atoms with Gasteiger partial charge in [-0.1, -0.05) is 6.92 Å². The SMILES string of the molecule is CCC(C)(CNC(=O)NC(C)C(=O)N1CCCC1)C(=O)O. The zero-order valence-electron chi connectivity index (χ0n) is 12.9. The third-order valence-electron chi connectivity index (χ3n) is 4.07.